The maximum absolute atomic E-state index is 14.8. The number of piperazine rings is 1. The van der Waals surface area contributed by atoms with Crippen molar-refractivity contribution in [2.24, 2.45) is 11.8 Å². The molecule has 10 heteroatoms. The Labute approximate surface area is 267 Å². The van der Waals surface area contributed by atoms with Crippen LogP contribution < -0.4 is 14.8 Å². The second-order valence-corrected chi connectivity index (χ2v) is 12.1. The van der Waals surface area contributed by atoms with Crippen LogP contribution in [0.2, 0.25) is 0 Å². The molecule has 46 heavy (non-hydrogen) atoms. The first-order valence-corrected chi connectivity index (χ1v) is 15.7. The van der Waals surface area contributed by atoms with Gasteiger partial charge in [0.15, 0.2) is 17.3 Å². The summed E-state index contributed by atoms with van der Waals surface area (Å²) in [6.45, 7) is 2.17. The average Bonchev–Trinajstić information content (AvgIpc) is 3.43. The highest BCUT2D eigenvalue weighted by Crippen LogP contribution is 2.53. The topological polar surface area (TPSA) is 112 Å². The predicted octanol–water partition coefficient (Wildman–Crippen LogP) is 4.48. The van der Waals surface area contributed by atoms with Crippen LogP contribution in [0.25, 0.3) is 0 Å². The van der Waals surface area contributed by atoms with E-state index < -0.39 is 29.7 Å². The number of carbonyl (C=O) groups excluding carboxylic acids is 3. The van der Waals surface area contributed by atoms with Gasteiger partial charge in [-0.15, -0.1) is 0 Å². The van der Waals surface area contributed by atoms with Crippen LogP contribution in [-0.4, -0.2) is 73.8 Å². The summed E-state index contributed by atoms with van der Waals surface area (Å²) in [4.78, 5) is 47.6. The maximum Gasteiger partial charge on any atom is 0.246 e. The zero-order valence-corrected chi connectivity index (χ0v) is 25.9. The minimum absolute atomic E-state index is 0.172. The lowest BCUT2D eigenvalue weighted by Gasteiger charge is -2.39. The molecule has 3 aliphatic rings. The molecule has 1 N–H and O–H groups in total. The van der Waals surface area contributed by atoms with Crippen molar-refractivity contribution in [3.05, 3.63) is 94.8 Å². The van der Waals surface area contributed by atoms with E-state index in [-0.39, 0.29) is 23.5 Å². The first-order valence-electron chi connectivity index (χ1n) is 15.7. The molecule has 0 bridgehead atoms. The average molecular weight is 625 g/mol. The minimum atomic E-state index is -1.01. The summed E-state index contributed by atoms with van der Waals surface area (Å²) in [6, 6.07) is 17.8. The summed E-state index contributed by atoms with van der Waals surface area (Å²) in [5.41, 5.74) is 1.98. The Kier molecular flexibility index (Phi) is 9.04. The molecule has 3 aromatic carbocycles. The number of benzene rings is 3. The molecule has 2 saturated heterocycles. The highest BCUT2D eigenvalue weighted by Gasteiger charge is 2.59. The van der Waals surface area contributed by atoms with Crippen LogP contribution in [0.15, 0.2) is 66.7 Å². The van der Waals surface area contributed by atoms with E-state index in [1.54, 1.807) is 58.3 Å². The first kappa shape index (κ1) is 31.2. The van der Waals surface area contributed by atoms with E-state index in [9.17, 15) is 24.0 Å². The van der Waals surface area contributed by atoms with E-state index >= 15 is 0 Å². The molecule has 238 valence electrons. The molecule has 0 aromatic heterocycles. The van der Waals surface area contributed by atoms with Gasteiger partial charge in [-0.25, -0.2) is 4.39 Å². The number of hydrogen-bond acceptors (Lipinski definition) is 7. The number of rotatable bonds is 8. The van der Waals surface area contributed by atoms with E-state index in [1.807, 2.05) is 6.07 Å². The Morgan fingerprint density at radius 1 is 0.870 bits per heavy atom. The van der Waals surface area contributed by atoms with E-state index in [1.165, 1.54) is 26.4 Å². The number of carbonyl (C=O) groups is 3. The van der Waals surface area contributed by atoms with Crippen molar-refractivity contribution in [1.82, 2.24) is 15.1 Å². The van der Waals surface area contributed by atoms with E-state index in [2.05, 4.69) is 11.4 Å². The Hall–Kier alpha value is -4.75. The number of nitriles is 1. The molecule has 0 radical (unpaired) electrons. The second kappa shape index (κ2) is 13.3. The van der Waals surface area contributed by atoms with Crippen LogP contribution in [0, 0.1) is 29.0 Å². The van der Waals surface area contributed by atoms with Crippen LogP contribution in [0.1, 0.15) is 58.3 Å². The Morgan fingerprint density at radius 3 is 2.11 bits per heavy atom. The van der Waals surface area contributed by atoms with Gasteiger partial charge in [0.25, 0.3) is 0 Å². The molecular weight excluding hydrogens is 587 g/mol. The highest BCUT2D eigenvalue weighted by molar-refractivity contribution is 6.02. The van der Waals surface area contributed by atoms with Crippen LogP contribution in [0.4, 0.5) is 4.39 Å². The van der Waals surface area contributed by atoms with Crippen molar-refractivity contribution in [2.45, 2.75) is 37.3 Å². The monoisotopic (exact) mass is 624 g/mol. The zero-order chi connectivity index (χ0) is 32.4. The summed E-state index contributed by atoms with van der Waals surface area (Å²) < 4.78 is 25.4. The molecule has 9 nitrogen and oxygen atoms in total. The first-order chi connectivity index (χ1) is 22.4. The number of Topliss-reactive ketones (excluding diaryl/α,β-unsaturated/α-hetero) is 1. The third-order valence-corrected chi connectivity index (χ3v) is 9.66. The number of hydrogen-bond donors (Lipinski definition) is 1. The molecule has 4 atom stereocenters. The molecular formula is C36H37FN4O5. The Balaban J connectivity index is 1.60. The van der Waals surface area contributed by atoms with Crippen LogP contribution in [0.3, 0.4) is 0 Å². The number of nitrogens with one attached hydrogen (secondary N) is 1. The number of methoxy groups -OCH3 is 2. The second-order valence-electron chi connectivity index (χ2n) is 12.1. The summed E-state index contributed by atoms with van der Waals surface area (Å²) in [5.74, 6) is -2.16. The van der Waals surface area contributed by atoms with Crippen LogP contribution in [-0.2, 0) is 9.59 Å². The molecule has 6 rings (SSSR count). The van der Waals surface area contributed by atoms with E-state index in [4.69, 9.17) is 9.47 Å². The standard InChI is InChI=1S/C36H37FN4O5/c1-45-28-15-12-26(20-29(28)46-2)30-31(34(42)24-8-6-22(21-38)7-9-24)32(23-10-13-27(37)14-11-23)41(35(43)25-4-3-5-25)33(30)36(44)40-18-16-39-17-19-40/h6-15,20,25,30-33,39H,3-5,16-19H2,1-2H3. The fourth-order valence-corrected chi connectivity index (χ4v) is 7.08. The Morgan fingerprint density at radius 2 is 1.52 bits per heavy atom. The zero-order valence-electron chi connectivity index (χ0n) is 25.9. The molecule has 2 heterocycles. The lowest BCUT2D eigenvalue weighted by atomic mass is 9.75. The fourth-order valence-electron chi connectivity index (χ4n) is 7.08. The molecule has 3 aromatic rings. The lowest BCUT2D eigenvalue weighted by Crippen LogP contribution is -2.56. The van der Waals surface area contributed by atoms with Crippen molar-refractivity contribution in [2.75, 3.05) is 40.4 Å². The molecule has 1 aliphatic carbocycles. The maximum atomic E-state index is 14.8. The van der Waals surface area contributed by atoms with Gasteiger partial charge in [-0.2, -0.15) is 5.26 Å². The highest BCUT2D eigenvalue weighted by atomic mass is 19.1. The lowest BCUT2D eigenvalue weighted by molar-refractivity contribution is -0.150. The smallest absolute Gasteiger partial charge is 0.246 e. The van der Waals surface area contributed by atoms with Crippen molar-refractivity contribution < 1.29 is 28.2 Å². The minimum Gasteiger partial charge on any atom is -0.493 e. The van der Waals surface area contributed by atoms with Crippen molar-refractivity contribution in [1.29, 1.82) is 5.26 Å². The molecule has 2 amide bonds. The summed E-state index contributed by atoms with van der Waals surface area (Å²) >= 11 is 0. The van der Waals surface area contributed by atoms with Crippen molar-refractivity contribution >= 4 is 17.6 Å². The van der Waals surface area contributed by atoms with Gasteiger partial charge in [0.05, 0.1) is 37.8 Å². The van der Waals surface area contributed by atoms with Gasteiger partial charge >= 0.3 is 0 Å². The van der Waals surface area contributed by atoms with Gasteiger partial charge in [0, 0.05) is 43.6 Å². The largest absolute Gasteiger partial charge is 0.493 e. The van der Waals surface area contributed by atoms with Gasteiger partial charge in [0.2, 0.25) is 11.8 Å². The third kappa shape index (κ3) is 5.71. The number of halogens is 1. The van der Waals surface area contributed by atoms with Crippen molar-refractivity contribution in [3.8, 4) is 17.6 Å². The molecule has 1 saturated carbocycles. The fraction of sp³-hybridized carbons (Fsp3) is 0.389. The van der Waals surface area contributed by atoms with Gasteiger partial charge in [-0.1, -0.05) is 36.8 Å². The van der Waals surface area contributed by atoms with Crippen molar-refractivity contribution in [3.63, 3.8) is 0 Å². The number of nitrogens with zero attached hydrogens (tertiary/aromatic N) is 3. The van der Waals surface area contributed by atoms with Gasteiger partial charge in [0.1, 0.15) is 11.9 Å². The summed E-state index contributed by atoms with van der Waals surface area (Å²) in [5, 5.41) is 12.7. The van der Waals surface area contributed by atoms with E-state index in [0.717, 1.165) is 6.42 Å². The number of likely N-dealkylation sites (tertiary alicyclic amines) is 1. The SMILES string of the molecule is COc1ccc(C2C(C(=O)c3ccc(C#N)cc3)C(c3ccc(F)cc3)N(C(=O)C3CCC3)C2C(=O)N2CCNCC2)cc1OC. The molecule has 3 fully saturated rings. The quantitative estimate of drug-likeness (QED) is 0.368. The van der Waals surface area contributed by atoms with Crippen LogP contribution >= 0.6 is 0 Å². The summed E-state index contributed by atoms with van der Waals surface area (Å²) in [7, 11) is 3.05. The number of ether oxygens (including phenoxy) is 2. The van der Waals surface area contributed by atoms with Crippen LogP contribution in [0.5, 0.6) is 11.5 Å². The Bertz CT molecular complexity index is 1640. The van der Waals surface area contributed by atoms with Gasteiger partial charge in [-0.05, 0) is 60.4 Å². The predicted molar refractivity (Wildman–Crippen MR) is 168 cm³/mol. The van der Waals surface area contributed by atoms with Gasteiger partial charge in [-0.3, -0.25) is 14.4 Å². The normalized spacial score (nSPS) is 22.9. The molecule has 2 aliphatic heterocycles. The number of amides is 2. The molecule has 4 unspecified atom stereocenters. The number of ketones is 1. The molecule has 0 spiro atoms. The van der Waals surface area contributed by atoms with Gasteiger partial charge < -0.3 is 24.6 Å². The third-order valence-electron chi connectivity index (χ3n) is 9.66. The summed E-state index contributed by atoms with van der Waals surface area (Å²) in [6.07, 6.45) is 2.32. The van der Waals surface area contributed by atoms with E-state index in [0.29, 0.717) is 72.8 Å².